The van der Waals surface area contributed by atoms with Crippen molar-refractivity contribution in [2.24, 2.45) is 0 Å². The molecule has 0 radical (unpaired) electrons. The molecule has 2 heteroatoms. The zero-order valence-electron chi connectivity index (χ0n) is 9.36. The lowest BCUT2D eigenvalue weighted by atomic mass is 10.2. The smallest absolute Gasteiger partial charge is 0.0642 e. The topological polar surface area (TPSA) is 12.5 Å². The summed E-state index contributed by atoms with van der Waals surface area (Å²) in [4.78, 5) is 2.26. The Morgan fingerprint density at radius 1 is 1.33 bits per heavy atom. The first-order chi connectivity index (χ1) is 7.36. The lowest BCUT2D eigenvalue weighted by Gasteiger charge is -2.25. The van der Waals surface area contributed by atoms with Gasteiger partial charge < -0.3 is 9.64 Å². The lowest BCUT2D eigenvalue weighted by Crippen LogP contribution is -2.31. The maximum absolute atomic E-state index is 5.28. The summed E-state index contributed by atoms with van der Waals surface area (Å²) in [5.74, 6) is 0. The molecule has 1 rings (SSSR count). The first-order valence-corrected chi connectivity index (χ1v) is 5.32. The summed E-state index contributed by atoms with van der Waals surface area (Å²) in [5, 5.41) is 0. The average Bonchev–Trinajstić information content (AvgIpc) is 2.31. The first kappa shape index (κ1) is 11.8. The van der Waals surface area contributed by atoms with Gasteiger partial charge in [-0.05, 0) is 24.8 Å². The Labute approximate surface area is 92.2 Å². The molecule has 0 aliphatic carbocycles. The molecule has 1 saturated heterocycles. The summed E-state index contributed by atoms with van der Waals surface area (Å²) in [5.41, 5.74) is 1.12. The third-order valence-corrected chi connectivity index (χ3v) is 2.24. The van der Waals surface area contributed by atoms with Crippen LogP contribution in [-0.2, 0) is 4.74 Å². The minimum Gasteiger partial charge on any atom is -0.378 e. The van der Waals surface area contributed by atoms with Gasteiger partial charge in [-0.15, -0.1) is 0 Å². The zero-order chi connectivity index (χ0) is 10.9. The minimum atomic E-state index is 0.826. The van der Waals surface area contributed by atoms with E-state index >= 15 is 0 Å². The van der Waals surface area contributed by atoms with Crippen LogP contribution in [0.1, 0.15) is 6.92 Å². The fraction of sp³-hybridized carbons (Fsp3) is 0.385. The third kappa shape index (κ3) is 4.66. The number of morpholine rings is 1. The molecule has 0 aromatic carbocycles. The van der Waals surface area contributed by atoms with Gasteiger partial charge in [0.15, 0.2) is 0 Å². The van der Waals surface area contributed by atoms with Crippen molar-refractivity contribution in [3.8, 4) is 0 Å². The standard InChI is InChI=1S/C13H19NO/c1-3-5-6-13(4-2)7-8-14-9-11-15-12-10-14/h3-8H,2,9-12H2,1H3/b5-3-,8-7+,13-6+. The van der Waals surface area contributed by atoms with E-state index in [0.717, 1.165) is 31.9 Å². The fourth-order valence-electron chi connectivity index (χ4n) is 1.32. The van der Waals surface area contributed by atoms with Gasteiger partial charge in [0.1, 0.15) is 0 Å². The average molecular weight is 205 g/mol. The van der Waals surface area contributed by atoms with Crippen LogP contribution in [0.25, 0.3) is 0 Å². The van der Waals surface area contributed by atoms with E-state index in [-0.39, 0.29) is 0 Å². The normalized spacial score (nSPS) is 19.0. The van der Waals surface area contributed by atoms with Gasteiger partial charge in [-0.25, -0.2) is 0 Å². The number of allylic oxidation sites excluding steroid dienone is 6. The van der Waals surface area contributed by atoms with Gasteiger partial charge >= 0.3 is 0 Å². The predicted octanol–water partition coefficient (Wildman–Crippen LogP) is 2.52. The van der Waals surface area contributed by atoms with Gasteiger partial charge in [-0.3, -0.25) is 0 Å². The molecule has 1 aliphatic rings. The quantitative estimate of drug-likeness (QED) is 0.654. The van der Waals surface area contributed by atoms with E-state index in [1.54, 1.807) is 0 Å². The molecule has 1 fully saturated rings. The highest BCUT2D eigenvalue weighted by Gasteiger charge is 2.04. The maximum atomic E-state index is 5.28. The van der Waals surface area contributed by atoms with Crippen LogP contribution in [-0.4, -0.2) is 31.2 Å². The van der Waals surface area contributed by atoms with Gasteiger partial charge in [0, 0.05) is 13.1 Å². The number of rotatable bonds is 4. The van der Waals surface area contributed by atoms with E-state index in [1.165, 1.54) is 0 Å². The first-order valence-electron chi connectivity index (χ1n) is 5.32. The van der Waals surface area contributed by atoms with Gasteiger partial charge in [0.05, 0.1) is 13.2 Å². The van der Waals surface area contributed by atoms with Crippen molar-refractivity contribution in [3.05, 3.63) is 48.7 Å². The summed E-state index contributed by atoms with van der Waals surface area (Å²) in [6, 6.07) is 0. The van der Waals surface area contributed by atoms with Gasteiger partial charge in [-0.2, -0.15) is 0 Å². The van der Waals surface area contributed by atoms with Crippen LogP contribution < -0.4 is 0 Å². The lowest BCUT2D eigenvalue weighted by molar-refractivity contribution is 0.0594. The molecule has 0 atom stereocenters. The Kier molecular flexibility index (Phi) is 5.56. The Morgan fingerprint density at radius 3 is 2.67 bits per heavy atom. The van der Waals surface area contributed by atoms with Gasteiger partial charge in [0.2, 0.25) is 0 Å². The Balaban J connectivity index is 2.49. The predicted molar refractivity (Wildman–Crippen MR) is 64.6 cm³/mol. The van der Waals surface area contributed by atoms with E-state index in [1.807, 2.05) is 31.2 Å². The Morgan fingerprint density at radius 2 is 2.07 bits per heavy atom. The summed E-state index contributed by atoms with van der Waals surface area (Å²) >= 11 is 0. The van der Waals surface area contributed by atoms with Crippen LogP contribution in [0.4, 0.5) is 0 Å². The molecule has 82 valence electrons. The molecule has 0 spiro atoms. The van der Waals surface area contributed by atoms with Crippen molar-refractivity contribution in [2.75, 3.05) is 26.3 Å². The highest BCUT2D eigenvalue weighted by atomic mass is 16.5. The number of hydrogen-bond acceptors (Lipinski definition) is 2. The molecule has 0 aromatic heterocycles. The monoisotopic (exact) mass is 205 g/mol. The second kappa shape index (κ2) is 7.07. The third-order valence-electron chi connectivity index (χ3n) is 2.24. The second-order valence-electron chi connectivity index (χ2n) is 3.36. The van der Waals surface area contributed by atoms with E-state index in [0.29, 0.717) is 0 Å². The van der Waals surface area contributed by atoms with Crippen LogP contribution in [0.5, 0.6) is 0 Å². The molecule has 2 nitrogen and oxygen atoms in total. The fourth-order valence-corrected chi connectivity index (χ4v) is 1.32. The molecular weight excluding hydrogens is 186 g/mol. The van der Waals surface area contributed by atoms with E-state index in [4.69, 9.17) is 4.74 Å². The van der Waals surface area contributed by atoms with Crippen molar-refractivity contribution < 1.29 is 4.74 Å². The summed E-state index contributed by atoms with van der Waals surface area (Å²) in [7, 11) is 0. The van der Waals surface area contributed by atoms with Crippen molar-refractivity contribution in [2.45, 2.75) is 6.92 Å². The zero-order valence-corrected chi connectivity index (χ0v) is 9.36. The van der Waals surface area contributed by atoms with Crippen LogP contribution >= 0.6 is 0 Å². The Bertz CT molecular complexity index is 270. The SMILES string of the molecule is C=CC(/C=C/N1CCOCC1)=C\C=C/C. The summed E-state index contributed by atoms with van der Waals surface area (Å²) in [6.07, 6.45) is 12.1. The molecule has 0 bridgehead atoms. The van der Waals surface area contributed by atoms with Crippen LogP contribution in [0.2, 0.25) is 0 Å². The van der Waals surface area contributed by atoms with E-state index in [2.05, 4.69) is 23.8 Å². The van der Waals surface area contributed by atoms with Crippen LogP contribution in [0, 0.1) is 0 Å². The maximum Gasteiger partial charge on any atom is 0.0642 e. The number of ether oxygens (including phenoxy) is 1. The second-order valence-corrected chi connectivity index (χ2v) is 3.36. The molecule has 0 aromatic rings. The van der Waals surface area contributed by atoms with Crippen molar-refractivity contribution in [1.82, 2.24) is 4.90 Å². The van der Waals surface area contributed by atoms with Crippen LogP contribution in [0.3, 0.4) is 0 Å². The summed E-state index contributed by atoms with van der Waals surface area (Å²) < 4.78 is 5.28. The van der Waals surface area contributed by atoms with Crippen molar-refractivity contribution in [3.63, 3.8) is 0 Å². The van der Waals surface area contributed by atoms with Crippen LogP contribution in [0.15, 0.2) is 48.7 Å². The largest absolute Gasteiger partial charge is 0.378 e. The number of nitrogens with zero attached hydrogens (tertiary/aromatic N) is 1. The molecule has 1 heterocycles. The molecule has 0 unspecified atom stereocenters. The summed E-state index contributed by atoms with van der Waals surface area (Å²) in [6.45, 7) is 9.39. The molecule has 0 saturated carbocycles. The van der Waals surface area contributed by atoms with Gasteiger partial charge in [0.25, 0.3) is 0 Å². The molecular formula is C13H19NO. The minimum absolute atomic E-state index is 0.826. The van der Waals surface area contributed by atoms with Crippen molar-refractivity contribution >= 4 is 0 Å². The number of hydrogen-bond donors (Lipinski definition) is 0. The van der Waals surface area contributed by atoms with Crippen molar-refractivity contribution in [1.29, 1.82) is 0 Å². The highest BCUT2D eigenvalue weighted by molar-refractivity contribution is 5.32. The molecule has 15 heavy (non-hydrogen) atoms. The highest BCUT2D eigenvalue weighted by Crippen LogP contribution is 2.03. The molecule has 0 amide bonds. The molecule has 1 aliphatic heterocycles. The Hall–Kier alpha value is -1.28. The molecule has 0 N–H and O–H groups in total. The van der Waals surface area contributed by atoms with E-state index in [9.17, 15) is 0 Å². The van der Waals surface area contributed by atoms with Gasteiger partial charge in [-0.1, -0.05) is 30.9 Å². The van der Waals surface area contributed by atoms with E-state index < -0.39 is 0 Å².